The molecule has 4 nitrogen and oxygen atoms in total. The lowest BCUT2D eigenvalue weighted by molar-refractivity contribution is 0.0697. The quantitative estimate of drug-likeness (QED) is 0.660. The van der Waals surface area contributed by atoms with Crippen LogP contribution in [0.5, 0.6) is 11.5 Å². The van der Waals surface area contributed by atoms with Gasteiger partial charge in [-0.05, 0) is 36.4 Å². The molecule has 2 rings (SSSR count). The van der Waals surface area contributed by atoms with Crippen molar-refractivity contribution in [3.63, 3.8) is 0 Å². The summed E-state index contributed by atoms with van der Waals surface area (Å²) in [4.78, 5) is 10.2. The van der Waals surface area contributed by atoms with E-state index in [9.17, 15) is 4.79 Å². The predicted molar refractivity (Wildman–Crippen MR) is 63.2 cm³/mol. The van der Waals surface area contributed by atoms with Crippen LogP contribution in [0, 0.1) is 0 Å². The Kier molecular flexibility index (Phi) is 4.57. The van der Waals surface area contributed by atoms with Crippen molar-refractivity contribution in [1.82, 2.24) is 0 Å². The molecule has 0 heterocycles. The van der Waals surface area contributed by atoms with Gasteiger partial charge in [-0.25, -0.2) is 4.79 Å². The second-order valence-electron chi connectivity index (χ2n) is 3.19. The van der Waals surface area contributed by atoms with Crippen molar-refractivity contribution in [2.75, 3.05) is 0 Å². The normalized spacial score (nSPS) is 8.94. The van der Waals surface area contributed by atoms with Crippen LogP contribution in [0.1, 0.15) is 10.4 Å². The smallest absolute Gasteiger partial charge is 0.335 e. The van der Waals surface area contributed by atoms with Gasteiger partial charge >= 0.3 is 5.97 Å². The van der Waals surface area contributed by atoms with Crippen LogP contribution in [0.4, 0.5) is 0 Å². The Balaban J connectivity index is 0.000000171. The minimum Gasteiger partial charge on any atom is -0.508 e. The number of carboxylic acid groups (broad SMARTS) is 1. The van der Waals surface area contributed by atoms with E-state index in [-0.39, 0.29) is 11.5 Å². The van der Waals surface area contributed by atoms with Crippen LogP contribution in [-0.4, -0.2) is 21.3 Å². The van der Waals surface area contributed by atoms with E-state index in [1.807, 2.05) is 0 Å². The molecule has 0 radical (unpaired) electrons. The lowest BCUT2D eigenvalue weighted by Crippen LogP contribution is -1.93. The first-order valence-electron chi connectivity index (χ1n) is 4.86. The molecule has 0 saturated carbocycles. The number of carboxylic acids is 1. The maximum absolute atomic E-state index is 10.2. The number of aromatic carboxylic acids is 1. The SMILES string of the molecule is O=C(O)c1ccccc1.Oc1ccc(O)cc1. The van der Waals surface area contributed by atoms with Gasteiger partial charge in [-0.3, -0.25) is 0 Å². The van der Waals surface area contributed by atoms with Crippen molar-refractivity contribution in [3.8, 4) is 11.5 Å². The van der Waals surface area contributed by atoms with Crippen LogP contribution >= 0.6 is 0 Å². The van der Waals surface area contributed by atoms with E-state index in [1.165, 1.54) is 24.3 Å². The Morgan fingerprint density at radius 3 is 1.47 bits per heavy atom. The minimum absolute atomic E-state index is 0.169. The topological polar surface area (TPSA) is 77.8 Å². The molecular weight excluding hydrogens is 220 g/mol. The number of carbonyl (C=O) groups is 1. The highest BCUT2D eigenvalue weighted by Gasteiger charge is 1.96. The molecule has 2 aromatic carbocycles. The zero-order valence-corrected chi connectivity index (χ0v) is 8.95. The molecule has 0 fully saturated rings. The highest BCUT2D eigenvalue weighted by atomic mass is 16.4. The first-order chi connectivity index (χ1) is 8.09. The summed E-state index contributed by atoms with van der Waals surface area (Å²) in [5.41, 5.74) is 0.331. The Morgan fingerprint density at radius 2 is 1.18 bits per heavy atom. The van der Waals surface area contributed by atoms with Crippen molar-refractivity contribution >= 4 is 5.97 Å². The monoisotopic (exact) mass is 232 g/mol. The molecule has 0 unspecified atom stereocenters. The fraction of sp³-hybridized carbons (Fsp3) is 0. The molecule has 0 bridgehead atoms. The Morgan fingerprint density at radius 1 is 0.765 bits per heavy atom. The third kappa shape index (κ3) is 4.70. The molecule has 0 aromatic heterocycles. The van der Waals surface area contributed by atoms with Crippen LogP contribution in [-0.2, 0) is 0 Å². The molecule has 0 spiro atoms. The fourth-order valence-electron chi connectivity index (χ4n) is 1.03. The minimum atomic E-state index is -0.879. The fourth-order valence-corrected chi connectivity index (χ4v) is 1.03. The average Bonchev–Trinajstić information content (AvgIpc) is 2.35. The summed E-state index contributed by atoms with van der Waals surface area (Å²) in [6.07, 6.45) is 0. The van der Waals surface area contributed by atoms with Crippen molar-refractivity contribution in [3.05, 3.63) is 60.2 Å². The lowest BCUT2D eigenvalue weighted by atomic mass is 10.2. The third-order valence-corrected chi connectivity index (χ3v) is 1.87. The molecule has 0 atom stereocenters. The summed E-state index contributed by atoms with van der Waals surface area (Å²) < 4.78 is 0. The third-order valence-electron chi connectivity index (χ3n) is 1.87. The molecule has 17 heavy (non-hydrogen) atoms. The van der Waals surface area contributed by atoms with E-state index >= 15 is 0 Å². The summed E-state index contributed by atoms with van der Waals surface area (Å²) in [5.74, 6) is -0.541. The Labute approximate surface area is 98.4 Å². The van der Waals surface area contributed by atoms with Crippen LogP contribution in [0.2, 0.25) is 0 Å². The highest BCUT2D eigenvalue weighted by molar-refractivity contribution is 5.87. The molecule has 3 N–H and O–H groups in total. The molecular formula is C13H12O4. The van der Waals surface area contributed by atoms with Gasteiger partial charge in [-0.1, -0.05) is 18.2 Å². The zero-order valence-electron chi connectivity index (χ0n) is 8.95. The number of rotatable bonds is 1. The van der Waals surface area contributed by atoms with Crippen LogP contribution in [0.25, 0.3) is 0 Å². The van der Waals surface area contributed by atoms with E-state index < -0.39 is 5.97 Å². The first-order valence-corrected chi connectivity index (χ1v) is 4.86. The molecule has 88 valence electrons. The zero-order chi connectivity index (χ0) is 12.7. The van der Waals surface area contributed by atoms with Crippen molar-refractivity contribution in [2.45, 2.75) is 0 Å². The van der Waals surface area contributed by atoms with Gasteiger partial charge in [0, 0.05) is 0 Å². The van der Waals surface area contributed by atoms with Crippen molar-refractivity contribution < 1.29 is 20.1 Å². The van der Waals surface area contributed by atoms with E-state index in [2.05, 4.69) is 0 Å². The molecule has 4 heteroatoms. The first kappa shape index (κ1) is 12.6. The van der Waals surface area contributed by atoms with E-state index in [0.717, 1.165) is 0 Å². The molecule has 0 aliphatic carbocycles. The number of hydrogen-bond donors (Lipinski definition) is 3. The molecule has 0 aliphatic rings. The Bertz CT molecular complexity index is 442. The number of aromatic hydroxyl groups is 2. The summed E-state index contributed by atoms with van der Waals surface area (Å²) in [6, 6.07) is 14.0. The second kappa shape index (κ2) is 6.17. The van der Waals surface area contributed by atoms with Crippen LogP contribution in [0.3, 0.4) is 0 Å². The molecule has 0 saturated heterocycles. The number of phenols is 2. The van der Waals surface area contributed by atoms with Gasteiger partial charge in [0.1, 0.15) is 11.5 Å². The number of phenolic OH excluding ortho intramolecular Hbond substituents is 2. The van der Waals surface area contributed by atoms with Gasteiger partial charge in [0.25, 0.3) is 0 Å². The summed E-state index contributed by atoms with van der Waals surface area (Å²) >= 11 is 0. The average molecular weight is 232 g/mol. The molecule has 0 amide bonds. The van der Waals surface area contributed by atoms with Gasteiger partial charge < -0.3 is 15.3 Å². The van der Waals surface area contributed by atoms with Crippen LogP contribution in [0.15, 0.2) is 54.6 Å². The van der Waals surface area contributed by atoms with E-state index in [1.54, 1.807) is 30.3 Å². The highest BCUT2D eigenvalue weighted by Crippen LogP contribution is 2.13. The Hall–Kier alpha value is -2.49. The van der Waals surface area contributed by atoms with Gasteiger partial charge in [-0.15, -0.1) is 0 Å². The predicted octanol–water partition coefficient (Wildman–Crippen LogP) is 2.48. The number of hydrogen-bond acceptors (Lipinski definition) is 3. The van der Waals surface area contributed by atoms with Crippen molar-refractivity contribution in [1.29, 1.82) is 0 Å². The van der Waals surface area contributed by atoms with Gasteiger partial charge in [0.2, 0.25) is 0 Å². The lowest BCUT2D eigenvalue weighted by Gasteiger charge is -1.88. The summed E-state index contributed by atoms with van der Waals surface area (Å²) in [6.45, 7) is 0. The largest absolute Gasteiger partial charge is 0.508 e. The summed E-state index contributed by atoms with van der Waals surface area (Å²) in [7, 11) is 0. The van der Waals surface area contributed by atoms with Gasteiger partial charge in [0.15, 0.2) is 0 Å². The molecule has 2 aromatic rings. The van der Waals surface area contributed by atoms with Crippen LogP contribution < -0.4 is 0 Å². The van der Waals surface area contributed by atoms with E-state index in [0.29, 0.717) is 5.56 Å². The standard InChI is InChI=1S/C7H6O2.C6H6O2/c8-7(9)6-4-2-1-3-5-6;7-5-1-2-6(8)4-3-5/h1-5H,(H,8,9);1-4,7-8H. The number of benzene rings is 2. The maximum Gasteiger partial charge on any atom is 0.335 e. The summed E-state index contributed by atoms with van der Waals surface area (Å²) in [5, 5.41) is 25.7. The van der Waals surface area contributed by atoms with Gasteiger partial charge in [0.05, 0.1) is 5.56 Å². The maximum atomic E-state index is 10.2. The van der Waals surface area contributed by atoms with Gasteiger partial charge in [-0.2, -0.15) is 0 Å². The van der Waals surface area contributed by atoms with Crippen molar-refractivity contribution in [2.24, 2.45) is 0 Å². The molecule has 0 aliphatic heterocycles. The second-order valence-corrected chi connectivity index (χ2v) is 3.19. The van der Waals surface area contributed by atoms with E-state index in [4.69, 9.17) is 15.3 Å².